The number of nitrogens with zero attached hydrogens (tertiary/aromatic N) is 2. The number of ether oxygens (including phenoxy) is 3. The highest BCUT2D eigenvalue weighted by Crippen LogP contribution is 2.29. The molecule has 8 heteroatoms. The normalized spacial score (nSPS) is 11.0. The highest BCUT2D eigenvalue weighted by atomic mass is 32.1. The Kier molecular flexibility index (Phi) is 7.60. The minimum atomic E-state index is -0.386. The third kappa shape index (κ3) is 5.68. The molecule has 0 fully saturated rings. The lowest BCUT2D eigenvalue weighted by molar-refractivity contribution is 0.0605. The summed E-state index contributed by atoms with van der Waals surface area (Å²) in [6.07, 6.45) is 2.36. The van der Waals surface area contributed by atoms with E-state index in [1.807, 2.05) is 45.9 Å². The first-order valence-electron chi connectivity index (χ1n) is 8.79. The predicted octanol–water partition coefficient (Wildman–Crippen LogP) is 4.12. The van der Waals surface area contributed by atoms with Gasteiger partial charge in [0.25, 0.3) is 0 Å². The van der Waals surface area contributed by atoms with E-state index in [4.69, 9.17) is 14.2 Å². The summed E-state index contributed by atoms with van der Waals surface area (Å²) in [5, 5.41) is 4.74. The van der Waals surface area contributed by atoms with Gasteiger partial charge in [-0.2, -0.15) is 5.10 Å². The summed E-state index contributed by atoms with van der Waals surface area (Å²) in [4.78, 5) is 16.6. The number of hydrogen-bond acceptors (Lipinski definition) is 8. The number of carbonyl (C=O) groups is 1. The van der Waals surface area contributed by atoms with Crippen molar-refractivity contribution in [3.05, 3.63) is 34.3 Å². The molecule has 0 aliphatic rings. The molecule has 0 unspecified atom stereocenters. The zero-order chi connectivity index (χ0) is 19.8. The van der Waals surface area contributed by atoms with Crippen LogP contribution < -0.4 is 14.9 Å². The summed E-state index contributed by atoms with van der Waals surface area (Å²) in [6, 6.07) is 5.62. The van der Waals surface area contributed by atoms with E-state index in [2.05, 4.69) is 15.5 Å². The van der Waals surface area contributed by atoms with Crippen LogP contribution in [-0.4, -0.2) is 37.0 Å². The van der Waals surface area contributed by atoms with Gasteiger partial charge in [-0.3, -0.25) is 5.43 Å². The van der Waals surface area contributed by atoms with E-state index in [9.17, 15) is 4.79 Å². The topological polar surface area (TPSA) is 82.0 Å². The zero-order valence-corrected chi connectivity index (χ0v) is 17.1. The number of benzene rings is 1. The smallest absolute Gasteiger partial charge is 0.350 e. The van der Waals surface area contributed by atoms with Crippen LogP contribution in [0.5, 0.6) is 11.5 Å². The fourth-order valence-electron chi connectivity index (χ4n) is 2.28. The molecule has 2 rings (SSSR count). The highest BCUT2D eigenvalue weighted by Gasteiger charge is 2.17. The molecule has 1 heterocycles. The Hall–Kier alpha value is -2.61. The second kappa shape index (κ2) is 9.91. The van der Waals surface area contributed by atoms with E-state index >= 15 is 0 Å². The SMILES string of the molecule is CCOc1cc(/C=N\Nc2nc(CC)c(C(=O)OC)s2)ccc1OC(C)C. The van der Waals surface area contributed by atoms with Crippen LogP contribution >= 0.6 is 11.3 Å². The van der Waals surface area contributed by atoms with Crippen molar-refractivity contribution in [2.75, 3.05) is 19.1 Å². The number of nitrogens with one attached hydrogen (secondary N) is 1. The molecule has 1 aromatic heterocycles. The summed E-state index contributed by atoms with van der Waals surface area (Å²) in [7, 11) is 1.36. The number of thiazole rings is 1. The number of methoxy groups -OCH3 is 1. The predicted molar refractivity (Wildman–Crippen MR) is 107 cm³/mol. The summed E-state index contributed by atoms with van der Waals surface area (Å²) in [5.41, 5.74) is 4.41. The largest absolute Gasteiger partial charge is 0.490 e. The van der Waals surface area contributed by atoms with Gasteiger partial charge < -0.3 is 14.2 Å². The molecule has 0 bridgehead atoms. The Bertz CT molecular complexity index is 802. The van der Waals surface area contributed by atoms with Crippen LogP contribution in [-0.2, 0) is 11.2 Å². The molecule has 1 aromatic carbocycles. The third-order valence-electron chi connectivity index (χ3n) is 3.41. The Morgan fingerprint density at radius 1 is 1.33 bits per heavy atom. The fraction of sp³-hybridized carbons (Fsp3) is 0.421. The number of rotatable bonds is 9. The van der Waals surface area contributed by atoms with Crippen LogP contribution in [0.1, 0.15) is 48.6 Å². The van der Waals surface area contributed by atoms with Crippen LogP contribution in [0.4, 0.5) is 5.13 Å². The van der Waals surface area contributed by atoms with Gasteiger partial charge in [-0.15, -0.1) is 0 Å². The van der Waals surface area contributed by atoms with Crippen molar-refractivity contribution in [3.63, 3.8) is 0 Å². The van der Waals surface area contributed by atoms with E-state index in [-0.39, 0.29) is 12.1 Å². The number of hydrazone groups is 1. The van der Waals surface area contributed by atoms with Gasteiger partial charge in [-0.25, -0.2) is 9.78 Å². The van der Waals surface area contributed by atoms with Gasteiger partial charge in [0.1, 0.15) is 4.88 Å². The van der Waals surface area contributed by atoms with Crippen LogP contribution in [0.15, 0.2) is 23.3 Å². The molecule has 27 heavy (non-hydrogen) atoms. The van der Waals surface area contributed by atoms with Gasteiger partial charge in [0.2, 0.25) is 5.13 Å². The minimum Gasteiger partial charge on any atom is -0.490 e. The molecule has 146 valence electrons. The van der Waals surface area contributed by atoms with Crippen molar-refractivity contribution in [2.24, 2.45) is 5.10 Å². The maximum atomic E-state index is 11.8. The first-order chi connectivity index (χ1) is 13.0. The average Bonchev–Trinajstić information content (AvgIpc) is 3.06. The minimum absolute atomic E-state index is 0.0621. The Labute approximate surface area is 163 Å². The Morgan fingerprint density at radius 3 is 2.74 bits per heavy atom. The molecule has 2 aromatic rings. The molecule has 0 saturated carbocycles. The number of carbonyl (C=O) groups excluding carboxylic acids is 1. The lowest BCUT2D eigenvalue weighted by Crippen LogP contribution is -2.07. The van der Waals surface area contributed by atoms with Crippen LogP contribution in [0.25, 0.3) is 0 Å². The Balaban J connectivity index is 2.13. The third-order valence-corrected chi connectivity index (χ3v) is 4.39. The first-order valence-corrected chi connectivity index (χ1v) is 9.60. The van der Waals surface area contributed by atoms with Gasteiger partial charge in [0.05, 0.1) is 31.7 Å². The van der Waals surface area contributed by atoms with E-state index in [0.717, 1.165) is 5.56 Å². The van der Waals surface area contributed by atoms with E-state index in [1.54, 1.807) is 6.21 Å². The average molecular weight is 391 g/mol. The zero-order valence-electron chi connectivity index (χ0n) is 16.2. The van der Waals surface area contributed by atoms with E-state index < -0.39 is 0 Å². The summed E-state index contributed by atoms with van der Waals surface area (Å²) in [6.45, 7) is 8.34. The van der Waals surface area contributed by atoms with Crippen LogP contribution in [0.3, 0.4) is 0 Å². The number of esters is 1. The van der Waals surface area contributed by atoms with Crippen molar-refractivity contribution in [2.45, 2.75) is 40.2 Å². The second-order valence-electron chi connectivity index (χ2n) is 5.82. The van der Waals surface area contributed by atoms with Crippen LogP contribution in [0.2, 0.25) is 0 Å². The van der Waals surface area contributed by atoms with Crippen LogP contribution in [0, 0.1) is 0 Å². The standard InChI is InChI=1S/C19H25N3O4S/c1-6-14-17(18(23)24-5)27-19(21-14)22-20-11-13-8-9-15(26-12(3)4)16(10-13)25-7-2/h8-12H,6-7H2,1-5H3,(H,21,22)/b20-11-. The Morgan fingerprint density at radius 2 is 2.11 bits per heavy atom. The number of anilines is 1. The molecule has 0 atom stereocenters. The second-order valence-corrected chi connectivity index (χ2v) is 6.81. The number of aryl methyl sites for hydroxylation is 1. The molecule has 0 amide bonds. The summed E-state index contributed by atoms with van der Waals surface area (Å²) < 4.78 is 16.2. The molecule has 1 N–H and O–H groups in total. The van der Waals surface area contributed by atoms with Crippen molar-refractivity contribution in [1.82, 2.24) is 4.98 Å². The van der Waals surface area contributed by atoms with E-state index in [1.165, 1.54) is 18.4 Å². The molecule has 7 nitrogen and oxygen atoms in total. The summed E-state index contributed by atoms with van der Waals surface area (Å²) >= 11 is 1.22. The number of hydrogen-bond donors (Lipinski definition) is 1. The maximum Gasteiger partial charge on any atom is 0.350 e. The molecule has 0 aliphatic carbocycles. The van der Waals surface area contributed by atoms with Crippen molar-refractivity contribution < 1.29 is 19.0 Å². The lowest BCUT2D eigenvalue weighted by atomic mass is 10.2. The lowest BCUT2D eigenvalue weighted by Gasteiger charge is -2.14. The molecule has 0 radical (unpaired) electrons. The van der Waals surface area contributed by atoms with E-state index in [0.29, 0.717) is 40.2 Å². The maximum absolute atomic E-state index is 11.8. The quantitative estimate of drug-likeness (QED) is 0.393. The van der Waals surface area contributed by atoms with Gasteiger partial charge in [0, 0.05) is 0 Å². The fourth-order valence-corrected chi connectivity index (χ4v) is 3.20. The van der Waals surface area contributed by atoms with Gasteiger partial charge in [0.15, 0.2) is 11.5 Å². The molecule has 0 aliphatic heterocycles. The van der Waals surface area contributed by atoms with Crippen molar-refractivity contribution >= 4 is 28.7 Å². The molecular weight excluding hydrogens is 366 g/mol. The van der Waals surface area contributed by atoms with Crippen molar-refractivity contribution in [1.29, 1.82) is 0 Å². The summed E-state index contributed by atoms with van der Waals surface area (Å²) in [5.74, 6) is 0.987. The van der Waals surface area contributed by atoms with Gasteiger partial charge >= 0.3 is 5.97 Å². The molecule has 0 saturated heterocycles. The van der Waals surface area contributed by atoms with Gasteiger partial charge in [-0.1, -0.05) is 18.3 Å². The monoisotopic (exact) mass is 391 g/mol. The molecular formula is C19H25N3O4S. The van der Waals surface area contributed by atoms with Gasteiger partial charge in [-0.05, 0) is 51.0 Å². The molecule has 0 spiro atoms. The van der Waals surface area contributed by atoms with Crippen molar-refractivity contribution in [3.8, 4) is 11.5 Å². The highest BCUT2D eigenvalue weighted by molar-refractivity contribution is 7.17. The number of aromatic nitrogens is 1. The first kappa shape index (κ1) is 20.7.